The summed E-state index contributed by atoms with van der Waals surface area (Å²) in [6.45, 7) is 0. The van der Waals surface area contributed by atoms with Crippen LogP contribution in [0.3, 0.4) is 0 Å². The van der Waals surface area contributed by atoms with Crippen LogP contribution in [0.2, 0.25) is 0 Å². The lowest BCUT2D eigenvalue weighted by Gasteiger charge is -2.14. The first-order valence-corrected chi connectivity index (χ1v) is 13.4. The molecule has 0 spiro atoms. The molecule has 1 aromatic carbocycles. The first-order valence-electron chi connectivity index (χ1n) is 10.1. The lowest BCUT2D eigenvalue weighted by molar-refractivity contribution is 0.479. The van der Waals surface area contributed by atoms with Crippen LogP contribution in [0.25, 0.3) is 22.6 Å². The van der Waals surface area contributed by atoms with Gasteiger partial charge in [-0.25, -0.2) is 18.4 Å². The molecule has 0 radical (unpaired) electrons. The van der Waals surface area contributed by atoms with Crippen molar-refractivity contribution in [2.45, 2.75) is 4.90 Å². The van der Waals surface area contributed by atoms with Gasteiger partial charge in [-0.3, -0.25) is 9.40 Å². The van der Waals surface area contributed by atoms with Gasteiger partial charge in [-0.05, 0) is 47.8 Å². The second-order valence-corrected chi connectivity index (χ2v) is 10.6. The van der Waals surface area contributed by atoms with E-state index < -0.39 is 10.0 Å². The van der Waals surface area contributed by atoms with Crippen molar-refractivity contribution in [2.24, 2.45) is 7.05 Å². The molecule has 12 heteroatoms. The number of nitrogens with one attached hydrogen (secondary N) is 1. The highest BCUT2D eigenvalue weighted by Crippen LogP contribution is 2.36. The van der Waals surface area contributed by atoms with Crippen LogP contribution in [0.5, 0.6) is 11.5 Å². The average molecular weight is 521 g/mol. The van der Waals surface area contributed by atoms with Gasteiger partial charge in [0.15, 0.2) is 10.9 Å². The van der Waals surface area contributed by atoms with Gasteiger partial charge >= 0.3 is 0 Å². The molecule has 5 aromatic rings. The van der Waals surface area contributed by atoms with Crippen molar-refractivity contribution >= 4 is 37.8 Å². The minimum absolute atomic E-state index is 0.0601. The molecule has 0 unspecified atom stereocenters. The van der Waals surface area contributed by atoms with E-state index in [-0.39, 0.29) is 21.3 Å². The van der Waals surface area contributed by atoms with Crippen LogP contribution < -0.4 is 9.46 Å². The molecule has 0 aliphatic carbocycles. The van der Waals surface area contributed by atoms with Crippen molar-refractivity contribution in [2.75, 3.05) is 4.72 Å². The van der Waals surface area contributed by atoms with E-state index in [9.17, 15) is 13.7 Å². The summed E-state index contributed by atoms with van der Waals surface area (Å²) >= 11 is 2.73. The predicted octanol–water partition coefficient (Wildman–Crippen LogP) is 5.13. The summed E-state index contributed by atoms with van der Waals surface area (Å²) < 4.78 is 35.6. The van der Waals surface area contributed by atoms with Crippen molar-refractivity contribution in [1.29, 1.82) is 5.26 Å². The third-order valence-electron chi connectivity index (χ3n) is 4.99. The lowest BCUT2D eigenvalue weighted by Crippen LogP contribution is -2.13. The Labute approximate surface area is 209 Å². The summed E-state index contributed by atoms with van der Waals surface area (Å²) in [5.74, 6) is 0.606. The van der Waals surface area contributed by atoms with E-state index in [1.165, 1.54) is 24.4 Å². The second kappa shape index (κ2) is 9.30. The topological polar surface area (TPSA) is 123 Å². The normalized spacial score (nSPS) is 11.2. The highest BCUT2D eigenvalue weighted by molar-refractivity contribution is 7.93. The molecule has 35 heavy (non-hydrogen) atoms. The maximum atomic E-state index is 12.7. The summed E-state index contributed by atoms with van der Waals surface area (Å²) in [4.78, 5) is 8.65. The number of nitrogens with zero attached hydrogens (tertiary/aromatic N) is 5. The Kier molecular flexibility index (Phi) is 6.04. The Balaban J connectivity index is 1.52. The van der Waals surface area contributed by atoms with E-state index in [4.69, 9.17) is 9.72 Å². The van der Waals surface area contributed by atoms with Crippen LogP contribution in [0.4, 0.5) is 5.13 Å². The Morgan fingerprint density at radius 2 is 1.94 bits per heavy atom. The molecule has 0 atom stereocenters. The molecule has 174 valence electrons. The number of anilines is 1. The van der Waals surface area contributed by atoms with Crippen LogP contribution in [0.1, 0.15) is 5.56 Å². The number of nitriles is 1. The number of sulfonamides is 1. The molecule has 9 nitrogen and oxygen atoms in total. The molecular weight excluding hydrogens is 504 g/mol. The highest BCUT2D eigenvalue weighted by atomic mass is 32.2. The van der Waals surface area contributed by atoms with Crippen LogP contribution in [-0.4, -0.2) is 28.2 Å². The van der Waals surface area contributed by atoms with Gasteiger partial charge in [0.25, 0.3) is 10.0 Å². The number of thiophene rings is 1. The fraction of sp³-hybridized carbons (Fsp3) is 0.0435. The second-order valence-electron chi connectivity index (χ2n) is 7.21. The van der Waals surface area contributed by atoms with Crippen molar-refractivity contribution in [3.8, 4) is 40.2 Å². The molecule has 4 heterocycles. The summed E-state index contributed by atoms with van der Waals surface area (Å²) in [7, 11) is -2.12. The van der Waals surface area contributed by atoms with Gasteiger partial charge in [0, 0.05) is 35.8 Å². The van der Waals surface area contributed by atoms with E-state index in [1.54, 1.807) is 40.7 Å². The summed E-state index contributed by atoms with van der Waals surface area (Å²) in [5, 5.41) is 19.8. The monoisotopic (exact) mass is 520 g/mol. The van der Waals surface area contributed by atoms with Gasteiger partial charge in [0.2, 0.25) is 0 Å². The third-order valence-corrected chi connectivity index (χ3v) is 7.83. The lowest BCUT2D eigenvalue weighted by atomic mass is 10.1. The molecule has 1 N–H and O–H groups in total. The van der Waals surface area contributed by atoms with Gasteiger partial charge in [-0.1, -0.05) is 0 Å². The molecule has 0 aliphatic rings. The first kappa shape index (κ1) is 22.7. The summed E-state index contributed by atoms with van der Waals surface area (Å²) in [6.07, 6.45) is 3.16. The van der Waals surface area contributed by atoms with Gasteiger partial charge in [-0.2, -0.15) is 21.7 Å². The standard InChI is InChI=1S/C23H16N6O3S3/c1-29-19(6-8-26-29)22-21(5-3-18(27-22)15-7-10-33-14-15)32-20-4-2-17(12-16(20)13-24)35(30,31)28-23-25-9-11-34-23/h2-12,14H,1H3,(H,25,28). The van der Waals surface area contributed by atoms with E-state index in [0.29, 0.717) is 11.4 Å². The summed E-state index contributed by atoms with van der Waals surface area (Å²) in [6, 6.07) is 13.5. The summed E-state index contributed by atoms with van der Waals surface area (Å²) in [5.41, 5.74) is 3.07. The SMILES string of the molecule is Cn1nccc1-c1nc(-c2ccsc2)ccc1Oc1ccc(S(=O)(=O)Nc2nccs2)cc1C#N. The van der Waals surface area contributed by atoms with Gasteiger partial charge < -0.3 is 4.74 Å². The van der Waals surface area contributed by atoms with Crippen LogP contribution in [-0.2, 0) is 17.1 Å². The average Bonchev–Trinajstić information content (AvgIpc) is 3.63. The van der Waals surface area contributed by atoms with Gasteiger partial charge in [0.1, 0.15) is 17.5 Å². The zero-order valence-electron chi connectivity index (χ0n) is 18.1. The van der Waals surface area contributed by atoms with Gasteiger partial charge in [-0.15, -0.1) is 11.3 Å². The first-order chi connectivity index (χ1) is 16.9. The van der Waals surface area contributed by atoms with Gasteiger partial charge in [0.05, 0.1) is 21.8 Å². The van der Waals surface area contributed by atoms with Crippen molar-refractivity contribution in [3.63, 3.8) is 0 Å². The zero-order chi connectivity index (χ0) is 24.4. The quantitative estimate of drug-likeness (QED) is 0.315. The minimum Gasteiger partial charge on any atom is -0.454 e. The molecular formula is C23H16N6O3S3. The van der Waals surface area contributed by atoms with E-state index in [2.05, 4.69) is 14.8 Å². The van der Waals surface area contributed by atoms with Crippen LogP contribution >= 0.6 is 22.7 Å². The highest BCUT2D eigenvalue weighted by Gasteiger charge is 2.20. The smallest absolute Gasteiger partial charge is 0.263 e. The third kappa shape index (κ3) is 4.65. The molecule has 0 saturated heterocycles. The number of hydrogen-bond donors (Lipinski definition) is 1. The minimum atomic E-state index is -3.92. The fourth-order valence-corrected chi connectivity index (χ4v) is 5.77. The largest absolute Gasteiger partial charge is 0.454 e. The van der Waals surface area contributed by atoms with Crippen LogP contribution in [0, 0.1) is 11.3 Å². The number of thiazole rings is 1. The number of hydrogen-bond acceptors (Lipinski definition) is 9. The van der Waals surface area contributed by atoms with E-state index >= 15 is 0 Å². The number of aryl methyl sites for hydroxylation is 1. The molecule has 5 rings (SSSR count). The molecule has 0 bridgehead atoms. The Bertz CT molecular complexity index is 1640. The molecule has 0 aliphatic heterocycles. The maximum absolute atomic E-state index is 12.7. The predicted molar refractivity (Wildman–Crippen MR) is 134 cm³/mol. The molecule has 0 fully saturated rings. The molecule has 0 amide bonds. The number of ether oxygens (including phenoxy) is 1. The number of aromatic nitrogens is 4. The Hall–Kier alpha value is -4.05. The number of pyridine rings is 1. The van der Waals surface area contributed by atoms with Crippen molar-refractivity contribution < 1.29 is 13.2 Å². The maximum Gasteiger partial charge on any atom is 0.263 e. The number of benzene rings is 1. The van der Waals surface area contributed by atoms with Crippen molar-refractivity contribution in [3.05, 3.63) is 76.6 Å². The Morgan fingerprint density at radius 3 is 2.63 bits per heavy atom. The van der Waals surface area contributed by atoms with E-state index in [0.717, 1.165) is 28.3 Å². The Morgan fingerprint density at radius 1 is 1.09 bits per heavy atom. The van der Waals surface area contributed by atoms with E-state index in [1.807, 2.05) is 35.0 Å². The molecule has 0 saturated carbocycles. The molecule has 4 aromatic heterocycles. The van der Waals surface area contributed by atoms with Crippen LogP contribution in [0.15, 0.2) is 75.9 Å². The number of rotatable bonds is 7. The van der Waals surface area contributed by atoms with Crippen molar-refractivity contribution in [1.82, 2.24) is 19.7 Å². The zero-order valence-corrected chi connectivity index (χ0v) is 20.6. The fourth-order valence-electron chi connectivity index (χ4n) is 3.31.